The maximum absolute atomic E-state index is 13.4. The molecule has 3 aliphatic rings. The van der Waals surface area contributed by atoms with Gasteiger partial charge in [0.1, 0.15) is 60.4 Å². The number of β-lactam (4-membered cyclic amide) rings is 1. The number of carboxylic acid groups (broad SMARTS) is 2. The summed E-state index contributed by atoms with van der Waals surface area (Å²) in [6.45, 7) is 0.818. The van der Waals surface area contributed by atoms with E-state index in [1.807, 2.05) is 0 Å². The molecule has 4 atom stereocenters. The van der Waals surface area contributed by atoms with Gasteiger partial charge in [-0.15, -0.1) is 46.2 Å². The van der Waals surface area contributed by atoms with Crippen LogP contribution >= 0.6 is 46.2 Å². The Morgan fingerprint density at radius 3 is 2.24 bits per heavy atom. The highest BCUT2D eigenvalue weighted by Gasteiger charge is 2.54. The fourth-order valence-corrected chi connectivity index (χ4v) is 9.24. The minimum Gasteiger partial charge on any atom is -0.480 e. The van der Waals surface area contributed by atoms with Crippen molar-refractivity contribution in [1.29, 1.82) is 0 Å². The molecule has 23 nitrogen and oxygen atoms in total. The van der Waals surface area contributed by atoms with Gasteiger partial charge in [-0.2, -0.15) is 0 Å². The number of nitrogens with zero attached hydrogens (tertiary/aromatic N) is 5. The zero-order chi connectivity index (χ0) is 42.3. The maximum Gasteiger partial charge on any atom is 0.354 e. The predicted octanol–water partition coefficient (Wildman–Crippen LogP) is -1.04. The normalized spacial score (nSPS) is 19.8. The number of fused-ring (bicyclic) bond motifs is 1. The van der Waals surface area contributed by atoms with Crippen molar-refractivity contribution in [3.8, 4) is 0 Å². The number of esters is 2. The lowest BCUT2D eigenvalue weighted by Crippen LogP contribution is -2.71. The van der Waals surface area contributed by atoms with Crippen LogP contribution in [0.15, 0.2) is 43.6 Å². The van der Waals surface area contributed by atoms with E-state index in [0.29, 0.717) is 5.57 Å². The van der Waals surface area contributed by atoms with Crippen LogP contribution in [0.5, 0.6) is 0 Å². The van der Waals surface area contributed by atoms with Gasteiger partial charge in [-0.3, -0.25) is 24.1 Å². The molecule has 0 radical (unpaired) electrons. The van der Waals surface area contributed by atoms with E-state index in [1.54, 1.807) is 0 Å². The van der Waals surface area contributed by atoms with Crippen LogP contribution in [-0.4, -0.2) is 147 Å². The molecule has 1 fully saturated rings. The number of nitrogens with two attached hydrogens (primary N) is 1. The Kier molecular flexibility index (Phi) is 14.2. The first-order chi connectivity index (χ1) is 27.7. The fourth-order valence-electron chi connectivity index (χ4n) is 5.47. The Morgan fingerprint density at radius 2 is 1.64 bits per heavy atom. The van der Waals surface area contributed by atoms with Crippen LogP contribution in [0, 0.1) is 0 Å². The number of nitrogens with one attached hydrogen (secondary N) is 4. The molecule has 5 heterocycles. The summed E-state index contributed by atoms with van der Waals surface area (Å²) >= 11 is 4.36. The number of thiazole rings is 2. The molecule has 0 aliphatic carbocycles. The maximum atomic E-state index is 13.4. The molecule has 310 valence electrons. The van der Waals surface area contributed by atoms with Crippen molar-refractivity contribution in [2.24, 2.45) is 10.3 Å². The molecule has 0 spiro atoms. The Labute approximate surface area is 343 Å². The second-order valence-electron chi connectivity index (χ2n) is 11.7. The standard InChI is InChI=1S/C31H34N10O13S4/c1-11(42)54-6-13-8-55-24(38-16(13)27(46)47)19(28(48)49)36-22(43)18(40-53-4)15-10-58-31(35-15)33-5-12-7-56-26-20(25(45)41(26)21(12)29(50)51-2)37-23(44)17(39-52-3)14-9-57-30(32)34-14/h9-10,19-20,24,26,38H,5-8H2,1-4H3,(H2,32,34)(H,33,35)(H,36,43)(H,37,44)(H,46,47)(H,48,49)/b39-17-,40-18-/t19?,20-,24-,26-/m1/s1. The first kappa shape index (κ1) is 43.2. The number of methoxy groups -OCH3 is 1. The van der Waals surface area contributed by atoms with Crippen molar-refractivity contribution in [3.63, 3.8) is 0 Å². The quantitative estimate of drug-likeness (QED) is 0.0432. The number of hydrogen-bond acceptors (Lipinski definition) is 22. The summed E-state index contributed by atoms with van der Waals surface area (Å²) in [4.78, 5) is 108. The van der Waals surface area contributed by atoms with Crippen molar-refractivity contribution in [1.82, 2.24) is 30.8 Å². The van der Waals surface area contributed by atoms with Crippen LogP contribution in [-0.2, 0) is 52.7 Å². The summed E-state index contributed by atoms with van der Waals surface area (Å²) in [5, 5.41) is 39.3. The third-order valence-electron chi connectivity index (χ3n) is 8.07. The highest BCUT2D eigenvalue weighted by molar-refractivity contribution is 8.00. The number of aliphatic carboxylic acids is 2. The van der Waals surface area contributed by atoms with Gasteiger partial charge in [0.25, 0.3) is 17.7 Å². The number of oxime groups is 2. The molecule has 1 unspecified atom stereocenters. The lowest BCUT2D eigenvalue weighted by atomic mass is 10.0. The predicted molar refractivity (Wildman–Crippen MR) is 209 cm³/mol. The van der Waals surface area contributed by atoms with Crippen molar-refractivity contribution in [3.05, 3.63) is 44.7 Å². The SMILES string of the molecule is CO/N=C(\C(=O)NC(C(=O)O)[C@@H]1NC(C(=O)O)=C(COC(C)=O)CS1)c1csc(NCC2=C(C(=O)OC)N3C(=O)[C@@H](NC(=O)/C(=N\OC)c4csc(N)n4)[C@H]3SC2)n1. The molecule has 3 amide bonds. The number of amides is 3. The smallest absolute Gasteiger partial charge is 0.354 e. The molecule has 2 aromatic rings. The summed E-state index contributed by atoms with van der Waals surface area (Å²) in [6.07, 6.45) is 0. The third-order valence-corrected chi connectivity index (χ3v) is 12.1. The van der Waals surface area contributed by atoms with Gasteiger partial charge in [-0.1, -0.05) is 10.3 Å². The summed E-state index contributed by atoms with van der Waals surface area (Å²) in [5.74, 6) is -6.47. The van der Waals surface area contributed by atoms with E-state index in [0.717, 1.165) is 55.6 Å². The van der Waals surface area contributed by atoms with Gasteiger partial charge >= 0.3 is 23.9 Å². The van der Waals surface area contributed by atoms with Crippen LogP contribution in [0.25, 0.3) is 0 Å². The van der Waals surface area contributed by atoms with Crippen LogP contribution in [0.3, 0.4) is 0 Å². The number of hydrogen-bond donors (Lipinski definition) is 7. The Morgan fingerprint density at radius 1 is 0.983 bits per heavy atom. The zero-order valence-corrected chi connectivity index (χ0v) is 33.9. The molecular formula is C31H34N10O13S4. The number of rotatable bonds is 17. The topological polar surface area (TPSA) is 325 Å². The molecule has 58 heavy (non-hydrogen) atoms. The number of carboxylic acids is 2. The minimum absolute atomic E-state index is 0.0126. The number of ether oxygens (including phenoxy) is 2. The van der Waals surface area contributed by atoms with E-state index in [2.05, 4.69) is 41.5 Å². The van der Waals surface area contributed by atoms with E-state index in [9.17, 15) is 43.8 Å². The lowest BCUT2D eigenvalue weighted by Gasteiger charge is -2.49. The third kappa shape index (κ3) is 9.60. The summed E-state index contributed by atoms with van der Waals surface area (Å²) in [7, 11) is 3.56. The Bertz CT molecular complexity index is 2130. The Hall–Kier alpha value is -5.93. The fraction of sp³-hybridized carbons (Fsp3) is 0.387. The lowest BCUT2D eigenvalue weighted by molar-refractivity contribution is -0.151. The van der Waals surface area contributed by atoms with E-state index < -0.39 is 70.1 Å². The summed E-state index contributed by atoms with van der Waals surface area (Å²) in [5.41, 5.74) is 5.48. The molecule has 0 saturated carbocycles. The van der Waals surface area contributed by atoms with Gasteiger partial charge in [0, 0.05) is 41.3 Å². The first-order valence-corrected chi connectivity index (χ1v) is 20.2. The zero-order valence-electron chi connectivity index (χ0n) is 30.6. The average Bonchev–Trinajstić information content (AvgIpc) is 3.86. The summed E-state index contributed by atoms with van der Waals surface area (Å²) in [6, 6.07) is -2.70. The molecule has 27 heteroatoms. The van der Waals surface area contributed by atoms with E-state index in [1.165, 1.54) is 34.5 Å². The van der Waals surface area contributed by atoms with Crippen molar-refractivity contribution in [2.45, 2.75) is 29.8 Å². The van der Waals surface area contributed by atoms with Gasteiger partial charge in [-0.05, 0) is 5.57 Å². The molecular weight excluding hydrogens is 849 g/mol. The van der Waals surface area contributed by atoms with Crippen molar-refractivity contribution < 1.29 is 62.9 Å². The van der Waals surface area contributed by atoms with Crippen LogP contribution in [0.4, 0.5) is 10.3 Å². The number of aromatic nitrogens is 2. The van der Waals surface area contributed by atoms with Gasteiger partial charge in [0.2, 0.25) is 0 Å². The first-order valence-electron chi connectivity index (χ1n) is 16.4. The van der Waals surface area contributed by atoms with Crippen molar-refractivity contribution in [2.75, 3.05) is 57.0 Å². The molecule has 3 aliphatic heterocycles. The van der Waals surface area contributed by atoms with Gasteiger partial charge in [0.15, 0.2) is 27.7 Å². The van der Waals surface area contributed by atoms with Gasteiger partial charge in [-0.25, -0.2) is 24.4 Å². The Balaban J connectivity index is 1.27. The van der Waals surface area contributed by atoms with E-state index in [4.69, 9.17) is 24.9 Å². The van der Waals surface area contributed by atoms with E-state index >= 15 is 0 Å². The highest BCUT2D eigenvalue weighted by atomic mass is 32.2. The number of nitrogen functional groups attached to an aromatic ring is 1. The average molecular weight is 883 g/mol. The number of thioether (sulfide) groups is 2. The van der Waals surface area contributed by atoms with Gasteiger partial charge < -0.3 is 56.4 Å². The summed E-state index contributed by atoms with van der Waals surface area (Å²) < 4.78 is 9.89. The largest absolute Gasteiger partial charge is 0.480 e. The second kappa shape index (κ2) is 19.0. The van der Waals surface area contributed by atoms with E-state index in [-0.39, 0.29) is 69.0 Å². The highest BCUT2D eigenvalue weighted by Crippen LogP contribution is 2.41. The van der Waals surface area contributed by atoms with Crippen LogP contribution in [0.1, 0.15) is 18.3 Å². The number of carbonyl (C=O) groups excluding carboxylic acids is 5. The molecule has 0 bridgehead atoms. The molecule has 1 saturated heterocycles. The molecule has 2 aromatic heterocycles. The molecule has 5 rings (SSSR count). The number of carbonyl (C=O) groups is 7. The number of anilines is 2. The monoisotopic (exact) mass is 882 g/mol. The molecule has 0 aromatic carbocycles. The minimum atomic E-state index is -1.67. The van der Waals surface area contributed by atoms with Crippen LogP contribution < -0.4 is 27.0 Å². The molecule has 8 N–H and O–H groups in total. The van der Waals surface area contributed by atoms with Crippen LogP contribution in [0.2, 0.25) is 0 Å². The van der Waals surface area contributed by atoms with Crippen molar-refractivity contribution >= 4 is 109 Å². The van der Waals surface area contributed by atoms with Gasteiger partial charge in [0.05, 0.1) is 7.11 Å². The second-order valence-corrected chi connectivity index (χ2v) is 15.7.